The number of carboxylic acid groups (broad SMARTS) is 1. The number of hydrogen-bond acceptors (Lipinski definition) is 3. The molecule has 0 aromatic heterocycles. The molecule has 0 heterocycles. The molecule has 2 N–H and O–H groups in total. The average Bonchev–Trinajstić information content (AvgIpc) is 2.80. The lowest BCUT2D eigenvalue weighted by molar-refractivity contribution is -0.139. The summed E-state index contributed by atoms with van der Waals surface area (Å²) in [7, 11) is 0. The van der Waals surface area contributed by atoms with Crippen LogP contribution in [0.3, 0.4) is 0 Å². The van der Waals surface area contributed by atoms with Crippen LogP contribution in [-0.4, -0.2) is 41.0 Å². The van der Waals surface area contributed by atoms with Crippen molar-refractivity contribution in [2.24, 2.45) is 0 Å². The highest BCUT2D eigenvalue weighted by molar-refractivity contribution is 5.81. The minimum Gasteiger partial charge on any atom is -0.480 e. The van der Waals surface area contributed by atoms with Crippen LogP contribution in [0.15, 0.2) is 11.8 Å². The number of hydrogen-bond donors (Lipinski definition) is 2. The third-order valence-corrected chi connectivity index (χ3v) is 2.91. The van der Waals surface area contributed by atoms with Gasteiger partial charge in [0.2, 0.25) is 5.91 Å². The molecule has 0 spiro atoms. The molecule has 1 amide bonds. The summed E-state index contributed by atoms with van der Waals surface area (Å²) in [6.45, 7) is 4.16. The Kier molecular flexibility index (Phi) is 5.15. The van der Waals surface area contributed by atoms with Gasteiger partial charge >= 0.3 is 5.97 Å². The van der Waals surface area contributed by atoms with Gasteiger partial charge in [0.05, 0.1) is 6.54 Å². The second-order valence-corrected chi connectivity index (χ2v) is 4.17. The molecule has 0 aliphatic heterocycles. The maximum absolute atomic E-state index is 11.9. The molecule has 0 radical (unpaired) electrons. The van der Waals surface area contributed by atoms with E-state index in [-0.39, 0.29) is 12.5 Å². The van der Waals surface area contributed by atoms with Crippen molar-refractivity contribution in [3.8, 4) is 0 Å². The quantitative estimate of drug-likeness (QED) is 0.725. The summed E-state index contributed by atoms with van der Waals surface area (Å²) in [6, 6.07) is -0.699. The predicted molar refractivity (Wildman–Crippen MR) is 64.4 cm³/mol. The first-order valence-corrected chi connectivity index (χ1v) is 6.01. The number of allylic oxidation sites excluding steroid dienone is 2. The molecule has 1 aliphatic carbocycles. The normalized spacial score (nSPS) is 16.5. The molecular weight excluding hydrogens is 220 g/mol. The lowest BCUT2D eigenvalue weighted by Crippen LogP contribution is -2.42. The average molecular weight is 240 g/mol. The Hall–Kier alpha value is -1.36. The van der Waals surface area contributed by atoms with E-state index in [1.54, 1.807) is 4.90 Å². The molecule has 0 bridgehead atoms. The van der Waals surface area contributed by atoms with Gasteiger partial charge in [-0.2, -0.15) is 0 Å². The number of carbonyl (C=O) groups excluding carboxylic acids is 1. The highest BCUT2D eigenvalue weighted by Crippen LogP contribution is 2.21. The molecule has 0 saturated heterocycles. The van der Waals surface area contributed by atoms with E-state index in [0.717, 1.165) is 25.0 Å². The zero-order valence-electron chi connectivity index (χ0n) is 10.4. The summed E-state index contributed by atoms with van der Waals surface area (Å²) in [5.41, 5.74) is 1.07. The van der Waals surface area contributed by atoms with Crippen molar-refractivity contribution in [1.82, 2.24) is 10.2 Å². The molecule has 1 rings (SSSR count). The van der Waals surface area contributed by atoms with Crippen molar-refractivity contribution >= 4 is 11.9 Å². The van der Waals surface area contributed by atoms with Gasteiger partial charge in [0, 0.05) is 12.2 Å². The van der Waals surface area contributed by atoms with Crippen LogP contribution in [0, 0.1) is 0 Å². The van der Waals surface area contributed by atoms with Crippen molar-refractivity contribution in [2.45, 2.75) is 39.2 Å². The number of carboxylic acids is 1. The van der Waals surface area contributed by atoms with E-state index in [0.29, 0.717) is 6.54 Å². The van der Waals surface area contributed by atoms with Gasteiger partial charge in [0.15, 0.2) is 0 Å². The zero-order chi connectivity index (χ0) is 12.8. The van der Waals surface area contributed by atoms with Crippen molar-refractivity contribution in [3.63, 3.8) is 0 Å². The molecule has 1 aliphatic rings. The van der Waals surface area contributed by atoms with E-state index < -0.39 is 12.0 Å². The molecule has 5 heteroatoms. The number of rotatable bonds is 6. The van der Waals surface area contributed by atoms with Crippen molar-refractivity contribution < 1.29 is 14.7 Å². The van der Waals surface area contributed by atoms with Crippen LogP contribution in [0.1, 0.15) is 33.1 Å². The lowest BCUT2D eigenvalue weighted by Gasteiger charge is -2.23. The monoisotopic (exact) mass is 240 g/mol. The summed E-state index contributed by atoms with van der Waals surface area (Å²) < 4.78 is 0. The smallest absolute Gasteiger partial charge is 0.320 e. The van der Waals surface area contributed by atoms with E-state index in [1.807, 2.05) is 6.92 Å². The van der Waals surface area contributed by atoms with Gasteiger partial charge in [-0.05, 0) is 33.1 Å². The van der Waals surface area contributed by atoms with E-state index in [1.165, 1.54) is 6.92 Å². The Morgan fingerprint density at radius 2 is 2.29 bits per heavy atom. The summed E-state index contributed by atoms with van der Waals surface area (Å²) in [5, 5.41) is 11.4. The number of nitrogens with zero attached hydrogens (tertiary/aromatic N) is 1. The first-order valence-electron chi connectivity index (χ1n) is 6.01. The van der Waals surface area contributed by atoms with E-state index in [4.69, 9.17) is 5.11 Å². The Labute approximate surface area is 101 Å². The van der Waals surface area contributed by atoms with Gasteiger partial charge in [0.25, 0.3) is 0 Å². The summed E-state index contributed by atoms with van der Waals surface area (Å²) in [6.07, 6.45) is 5.15. The number of carbonyl (C=O) groups is 2. The summed E-state index contributed by atoms with van der Waals surface area (Å²) >= 11 is 0. The lowest BCUT2D eigenvalue weighted by atomic mass is 10.3. The fourth-order valence-electron chi connectivity index (χ4n) is 1.86. The third-order valence-electron chi connectivity index (χ3n) is 2.91. The molecule has 0 aromatic rings. The van der Waals surface area contributed by atoms with E-state index in [2.05, 4.69) is 11.4 Å². The van der Waals surface area contributed by atoms with Crippen molar-refractivity contribution in [2.75, 3.05) is 13.1 Å². The Morgan fingerprint density at radius 3 is 2.76 bits per heavy atom. The summed E-state index contributed by atoms with van der Waals surface area (Å²) in [4.78, 5) is 24.3. The van der Waals surface area contributed by atoms with Gasteiger partial charge in [0.1, 0.15) is 6.04 Å². The van der Waals surface area contributed by atoms with Crippen LogP contribution in [0.2, 0.25) is 0 Å². The maximum atomic E-state index is 11.9. The first kappa shape index (κ1) is 13.7. The molecule has 0 saturated carbocycles. The highest BCUT2D eigenvalue weighted by Gasteiger charge is 2.19. The number of amides is 1. The van der Waals surface area contributed by atoms with Crippen LogP contribution >= 0.6 is 0 Å². The van der Waals surface area contributed by atoms with E-state index >= 15 is 0 Å². The second kappa shape index (κ2) is 6.39. The molecule has 0 aromatic carbocycles. The second-order valence-electron chi connectivity index (χ2n) is 4.17. The van der Waals surface area contributed by atoms with Crippen LogP contribution < -0.4 is 5.32 Å². The highest BCUT2D eigenvalue weighted by atomic mass is 16.4. The first-order chi connectivity index (χ1) is 8.06. The Bertz CT molecular complexity index is 326. The third kappa shape index (κ3) is 3.85. The Balaban J connectivity index is 2.47. The molecule has 0 unspecified atom stereocenters. The fourth-order valence-corrected chi connectivity index (χ4v) is 1.86. The molecule has 0 fully saturated rings. The molecular formula is C12H20N2O3. The standard InChI is InChI=1S/C12H20N2O3/c1-3-14(10-6-4-5-7-10)11(15)8-13-9(2)12(16)17/h6,9,13H,3-5,7-8H2,1-2H3,(H,16,17)/t9-/m1/s1. The predicted octanol–water partition coefficient (Wildman–Crippen LogP) is 0.965. The van der Waals surface area contributed by atoms with Crippen molar-refractivity contribution in [3.05, 3.63) is 11.8 Å². The van der Waals surface area contributed by atoms with Gasteiger partial charge in [-0.3, -0.25) is 14.9 Å². The van der Waals surface area contributed by atoms with Crippen LogP contribution in [0.25, 0.3) is 0 Å². The minimum absolute atomic E-state index is 0.0613. The van der Waals surface area contributed by atoms with Crippen molar-refractivity contribution in [1.29, 1.82) is 0 Å². The van der Waals surface area contributed by atoms with Gasteiger partial charge in [-0.1, -0.05) is 6.08 Å². The molecule has 5 nitrogen and oxygen atoms in total. The molecule has 96 valence electrons. The topological polar surface area (TPSA) is 69.6 Å². The van der Waals surface area contributed by atoms with Gasteiger partial charge in [-0.25, -0.2) is 0 Å². The van der Waals surface area contributed by atoms with Gasteiger partial charge in [-0.15, -0.1) is 0 Å². The maximum Gasteiger partial charge on any atom is 0.320 e. The van der Waals surface area contributed by atoms with Crippen LogP contribution in [-0.2, 0) is 9.59 Å². The largest absolute Gasteiger partial charge is 0.480 e. The number of aliphatic carboxylic acids is 1. The van der Waals surface area contributed by atoms with Gasteiger partial charge < -0.3 is 10.0 Å². The fraction of sp³-hybridized carbons (Fsp3) is 0.667. The number of nitrogens with one attached hydrogen (secondary N) is 1. The van der Waals surface area contributed by atoms with Crippen LogP contribution in [0.4, 0.5) is 0 Å². The van der Waals surface area contributed by atoms with E-state index in [9.17, 15) is 9.59 Å². The zero-order valence-corrected chi connectivity index (χ0v) is 10.4. The molecule has 1 atom stereocenters. The Morgan fingerprint density at radius 1 is 1.59 bits per heavy atom. The molecule has 17 heavy (non-hydrogen) atoms. The number of likely N-dealkylation sites (N-methyl/N-ethyl adjacent to an activating group) is 1. The summed E-state index contributed by atoms with van der Waals surface area (Å²) in [5.74, 6) is -1.00. The van der Waals surface area contributed by atoms with Crippen LogP contribution in [0.5, 0.6) is 0 Å². The SMILES string of the molecule is CCN(C(=O)CN[C@H](C)C(=O)O)C1=CCCC1. The minimum atomic E-state index is -0.944.